The summed E-state index contributed by atoms with van der Waals surface area (Å²) < 4.78 is 0. The number of hydrogen-bond donors (Lipinski definition) is 1. The van der Waals surface area contributed by atoms with Crippen LogP contribution in [0.1, 0.15) is 31.7 Å². The van der Waals surface area contributed by atoms with E-state index in [0.29, 0.717) is 6.54 Å². The molecule has 128 valence electrons. The highest BCUT2D eigenvalue weighted by Gasteiger charge is 2.20. The summed E-state index contributed by atoms with van der Waals surface area (Å²) >= 11 is 5.87. The van der Waals surface area contributed by atoms with Gasteiger partial charge in [0.15, 0.2) is 0 Å². The standard InChI is InChI=1S/C18H28ClN3O/c1-2-3-4-11-21-12-14-22(15-13-21)18(23)20-10-9-16-5-7-17(19)8-6-16/h5-8H,2-4,9-15H2,1H3,(H,20,23). The van der Waals surface area contributed by atoms with Gasteiger partial charge in [-0.1, -0.05) is 43.5 Å². The Morgan fingerprint density at radius 2 is 1.83 bits per heavy atom. The second-order valence-electron chi connectivity index (χ2n) is 6.14. The van der Waals surface area contributed by atoms with E-state index in [-0.39, 0.29) is 6.03 Å². The molecule has 23 heavy (non-hydrogen) atoms. The third-order valence-corrected chi connectivity index (χ3v) is 4.59. The van der Waals surface area contributed by atoms with Gasteiger partial charge in [-0.25, -0.2) is 4.79 Å². The van der Waals surface area contributed by atoms with Gasteiger partial charge in [0.2, 0.25) is 0 Å². The molecule has 0 aromatic heterocycles. The molecule has 1 aliphatic rings. The molecular formula is C18H28ClN3O. The largest absolute Gasteiger partial charge is 0.338 e. The number of unbranched alkanes of at least 4 members (excludes halogenated alkanes) is 2. The normalized spacial score (nSPS) is 15.7. The van der Waals surface area contributed by atoms with Gasteiger partial charge >= 0.3 is 6.03 Å². The van der Waals surface area contributed by atoms with Crippen LogP contribution in [0, 0.1) is 0 Å². The molecule has 0 aliphatic carbocycles. The molecule has 0 atom stereocenters. The number of carbonyl (C=O) groups excluding carboxylic acids is 1. The summed E-state index contributed by atoms with van der Waals surface area (Å²) in [4.78, 5) is 16.6. The first kappa shape index (κ1) is 18.1. The van der Waals surface area contributed by atoms with Gasteiger partial charge in [-0.2, -0.15) is 0 Å². The van der Waals surface area contributed by atoms with E-state index in [0.717, 1.165) is 37.6 Å². The lowest BCUT2D eigenvalue weighted by Crippen LogP contribution is -2.52. The molecule has 1 heterocycles. The van der Waals surface area contributed by atoms with Crippen molar-refractivity contribution in [2.24, 2.45) is 0 Å². The second-order valence-corrected chi connectivity index (χ2v) is 6.58. The highest BCUT2D eigenvalue weighted by atomic mass is 35.5. The lowest BCUT2D eigenvalue weighted by atomic mass is 10.1. The van der Waals surface area contributed by atoms with Crippen LogP contribution in [-0.2, 0) is 6.42 Å². The summed E-state index contributed by atoms with van der Waals surface area (Å²) in [6.07, 6.45) is 4.66. The second kappa shape index (κ2) is 9.78. The maximum atomic E-state index is 12.2. The zero-order valence-corrected chi connectivity index (χ0v) is 14.8. The Hall–Kier alpha value is -1.26. The minimum absolute atomic E-state index is 0.0622. The monoisotopic (exact) mass is 337 g/mol. The molecular weight excluding hydrogens is 310 g/mol. The molecule has 1 N–H and O–H groups in total. The number of urea groups is 1. The van der Waals surface area contributed by atoms with Gasteiger partial charge in [0.25, 0.3) is 0 Å². The average molecular weight is 338 g/mol. The van der Waals surface area contributed by atoms with Gasteiger partial charge in [0, 0.05) is 37.7 Å². The average Bonchev–Trinajstić information content (AvgIpc) is 2.57. The first-order valence-electron chi connectivity index (χ1n) is 8.68. The van der Waals surface area contributed by atoms with Crippen LogP contribution in [0.25, 0.3) is 0 Å². The number of nitrogens with one attached hydrogen (secondary N) is 1. The third-order valence-electron chi connectivity index (χ3n) is 4.34. The quantitative estimate of drug-likeness (QED) is 0.774. The van der Waals surface area contributed by atoms with E-state index in [1.54, 1.807) is 0 Å². The van der Waals surface area contributed by atoms with Crippen LogP contribution < -0.4 is 5.32 Å². The summed E-state index contributed by atoms with van der Waals surface area (Å²) in [5.74, 6) is 0. The van der Waals surface area contributed by atoms with E-state index >= 15 is 0 Å². The Bertz CT molecular complexity index is 470. The van der Waals surface area contributed by atoms with Crippen LogP contribution in [0.3, 0.4) is 0 Å². The molecule has 1 aromatic carbocycles. The molecule has 1 aromatic rings. The number of hydrogen-bond acceptors (Lipinski definition) is 2. The molecule has 1 fully saturated rings. The fourth-order valence-corrected chi connectivity index (χ4v) is 2.96. The van der Waals surface area contributed by atoms with Crippen molar-refractivity contribution in [2.75, 3.05) is 39.3 Å². The Kier molecular flexibility index (Phi) is 7.69. The van der Waals surface area contributed by atoms with Crippen LogP contribution in [0.2, 0.25) is 5.02 Å². The lowest BCUT2D eigenvalue weighted by molar-refractivity contribution is 0.138. The molecule has 0 unspecified atom stereocenters. The Morgan fingerprint density at radius 3 is 2.48 bits per heavy atom. The molecule has 1 saturated heterocycles. The molecule has 2 amide bonds. The van der Waals surface area contributed by atoms with Crippen LogP contribution in [0.5, 0.6) is 0 Å². The zero-order chi connectivity index (χ0) is 16.5. The van der Waals surface area contributed by atoms with Crippen LogP contribution >= 0.6 is 11.6 Å². The molecule has 0 spiro atoms. The van der Waals surface area contributed by atoms with Crippen molar-refractivity contribution in [3.63, 3.8) is 0 Å². The Morgan fingerprint density at radius 1 is 1.13 bits per heavy atom. The number of nitrogens with zero attached hydrogens (tertiary/aromatic N) is 2. The van der Waals surface area contributed by atoms with Gasteiger partial charge in [-0.3, -0.25) is 4.90 Å². The smallest absolute Gasteiger partial charge is 0.317 e. The molecule has 0 radical (unpaired) electrons. The van der Waals surface area contributed by atoms with Crippen molar-refractivity contribution in [3.05, 3.63) is 34.9 Å². The topological polar surface area (TPSA) is 35.6 Å². The zero-order valence-electron chi connectivity index (χ0n) is 14.1. The minimum atomic E-state index is 0.0622. The maximum Gasteiger partial charge on any atom is 0.317 e. The van der Waals surface area contributed by atoms with Crippen LogP contribution in [-0.4, -0.2) is 55.1 Å². The first-order chi connectivity index (χ1) is 11.2. The summed E-state index contributed by atoms with van der Waals surface area (Å²) in [6, 6.07) is 7.84. The van der Waals surface area contributed by atoms with E-state index in [1.165, 1.54) is 31.4 Å². The summed E-state index contributed by atoms with van der Waals surface area (Å²) in [6.45, 7) is 7.71. The lowest BCUT2D eigenvalue weighted by Gasteiger charge is -2.34. The van der Waals surface area contributed by atoms with E-state index < -0.39 is 0 Å². The number of benzene rings is 1. The van der Waals surface area contributed by atoms with Crippen molar-refractivity contribution in [1.29, 1.82) is 0 Å². The predicted octanol–water partition coefficient (Wildman–Crippen LogP) is 3.40. The van der Waals surface area contributed by atoms with Crippen molar-refractivity contribution >= 4 is 17.6 Å². The number of carbonyl (C=O) groups is 1. The fourth-order valence-electron chi connectivity index (χ4n) is 2.84. The SMILES string of the molecule is CCCCCN1CCN(C(=O)NCCc2ccc(Cl)cc2)CC1. The van der Waals surface area contributed by atoms with Gasteiger partial charge < -0.3 is 10.2 Å². The molecule has 0 saturated carbocycles. The van der Waals surface area contributed by atoms with Crippen LogP contribution in [0.4, 0.5) is 4.79 Å². The van der Waals surface area contributed by atoms with Gasteiger partial charge in [-0.05, 0) is 37.1 Å². The Labute approximate surface area is 144 Å². The van der Waals surface area contributed by atoms with E-state index in [9.17, 15) is 4.79 Å². The van der Waals surface area contributed by atoms with E-state index in [2.05, 4.69) is 17.1 Å². The van der Waals surface area contributed by atoms with Crippen LogP contribution in [0.15, 0.2) is 24.3 Å². The Balaban J connectivity index is 1.62. The van der Waals surface area contributed by atoms with Gasteiger partial charge in [-0.15, -0.1) is 0 Å². The number of amides is 2. The maximum absolute atomic E-state index is 12.2. The van der Waals surface area contributed by atoms with E-state index in [1.807, 2.05) is 29.2 Å². The number of halogens is 1. The molecule has 0 bridgehead atoms. The molecule has 2 rings (SSSR count). The summed E-state index contributed by atoms with van der Waals surface area (Å²) in [7, 11) is 0. The summed E-state index contributed by atoms with van der Waals surface area (Å²) in [5, 5.41) is 3.76. The van der Waals surface area contributed by atoms with Gasteiger partial charge in [0.05, 0.1) is 0 Å². The van der Waals surface area contributed by atoms with Crippen molar-refractivity contribution < 1.29 is 4.79 Å². The van der Waals surface area contributed by atoms with Crippen molar-refractivity contribution in [3.8, 4) is 0 Å². The van der Waals surface area contributed by atoms with Crippen molar-refractivity contribution in [2.45, 2.75) is 32.6 Å². The summed E-state index contributed by atoms with van der Waals surface area (Å²) in [5.41, 5.74) is 1.19. The first-order valence-corrected chi connectivity index (χ1v) is 9.06. The third kappa shape index (κ3) is 6.40. The van der Waals surface area contributed by atoms with Gasteiger partial charge in [0.1, 0.15) is 0 Å². The number of piperazine rings is 1. The number of rotatable bonds is 7. The minimum Gasteiger partial charge on any atom is -0.338 e. The molecule has 4 nitrogen and oxygen atoms in total. The fraction of sp³-hybridized carbons (Fsp3) is 0.611. The highest BCUT2D eigenvalue weighted by Crippen LogP contribution is 2.10. The van der Waals surface area contributed by atoms with E-state index in [4.69, 9.17) is 11.6 Å². The predicted molar refractivity (Wildman–Crippen MR) is 96.1 cm³/mol. The highest BCUT2D eigenvalue weighted by molar-refractivity contribution is 6.30. The van der Waals surface area contributed by atoms with Crippen molar-refractivity contribution in [1.82, 2.24) is 15.1 Å². The molecule has 1 aliphatic heterocycles. The molecule has 5 heteroatoms.